The lowest BCUT2D eigenvalue weighted by atomic mass is 10.0. The molecule has 1 atom stereocenters. The van der Waals surface area contributed by atoms with Gasteiger partial charge in [-0.2, -0.15) is 0 Å². The fourth-order valence-corrected chi connectivity index (χ4v) is 2.33. The van der Waals surface area contributed by atoms with Crippen LogP contribution in [0.1, 0.15) is 19.4 Å². The van der Waals surface area contributed by atoms with E-state index in [2.05, 4.69) is 16.2 Å². The number of halogens is 1. The molecule has 0 bridgehead atoms. The summed E-state index contributed by atoms with van der Waals surface area (Å²) in [5.74, 6) is 0.346. The van der Waals surface area contributed by atoms with Crippen LogP contribution in [0, 0.1) is 5.82 Å². The second kappa shape index (κ2) is 6.16. The molecule has 0 aliphatic carbocycles. The Morgan fingerprint density at radius 2 is 1.74 bits per heavy atom. The molecule has 0 heterocycles. The van der Waals surface area contributed by atoms with Gasteiger partial charge in [0.05, 0.1) is 6.61 Å². The van der Waals surface area contributed by atoms with Crippen LogP contribution >= 0.6 is 9.24 Å². The quantitative estimate of drug-likeness (QED) is 0.768. The van der Waals surface area contributed by atoms with Crippen LogP contribution in [0.2, 0.25) is 0 Å². The van der Waals surface area contributed by atoms with Gasteiger partial charge in [0.1, 0.15) is 11.6 Å². The second-order valence-corrected chi connectivity index (χ2v) is 4.90. The predicted octanol–water partition coefficient (Wildman–Crippen LogP) is 3.95. The van der Waals surface area contributed by atoms with Gasteiger partial charge in [0, 0.05) is 10.9 Å². The molecule has 1 nitrogen and oxygen atoms in total. The summed E-state index contributed by atoms with van der Waals surface area (Å²) >= 11 is 0. The summed E-state index contributed by atoms with van der Waals surface area (Å²) in [5, 5.41) is 0.485. The van der Waals surface area contributed by atoms with Crippen molar-refractivity contribution in [2.45, 2.75) is 20.3 Å². The van der Waals surface area contributed by atoms with Gasteiger partial charge in [-0.15, -0.1) is 0 Å². The van der Waals surface area contributed by atoms with Crippen molar-refractivity contribution in [1.29, 1.82) is 0 Å². The van der Waals surface area contributed by atoms with Gasteiger partial charge >= 0.3 is 0 Å². The molecule has 3 heteroatoms. The first-order valence-electron chi connectivity index (χ1n) is 6.47. The summed E-state index contributed by atoms with van der Waals surface area (Å²) in [6.45, 7) is 4.53. The average Bonchev–Trinajstić information content (AvgIpc) is 2.45. The Morgan fingerprint density at radius 1 is 1.05 bits per heavy atom. The van der Waals surface area contributed by atoms with Crippen molar-refractivity contribution in [3.8, 4) is 16.9 Å². The number of benzene rings is 2. The zero-order chi connectivity index (χ0) is 13.8. The third kappa shape index (κ3) is 2.96. The lowest BCUT2D eigenvalue weighted by Crippen LogP contribution is -2.07. The molecule has 0 aliphatic rings. The fraction of sp³-hybridized carbons (Fsp3) is 0.250. The molecule has 2 aromatic rings. The van der Waals surface area contributed by atoms with Crippen molar-refractivity contribution in [2.75, 3.05) is 6.61 Å². The molecule has 1 unspecified atom stereocenters. The Morgan fingerprint density at radius 3 is 2.32 bits per heavy atom. The van der Waals surface area contributed by atoms with Gasteiger partial charge in [-0.3, -0.25) is 0 Å². The van der Waals surface area contributed by atoms with E-state index in [0.29, 0.717) is 23.2 Å². The minimum absolute atomic E-state index is 0.236. The van der Waals surface area contributed by atoms with Gasteiger partial charge in [0.2, 0.25) is 0 Å². The number of hydrogen-bond acceptors (Lipinski definition) is 1. The SMILES string of the molecule is CCOc1ccc(-c2ccc(CC)cc2)c(F)c1P. The lowest BCUT2D eigenvalue weighted by molar-refractivity contribution is 0.342. The molecule has 0 saturated heterocycles. The first-order chi connectivity index (χ1) is 9.17. The number of ether oxygens (including phenoxy) is 1. The highest BCUT2D eigenvalue weighted by molar-refractivity contribution is 7.27. The van der Waals surface area contributed by atoms with Crippen molar-refractivity contribution in [1.82, 2.24) is 0 Å². The largest absolute Gasteiger partial charge is 0.493 e. The van der Waals surface area contributed by atoms with Crippen molar-refractivity contribution >= 4 is 14.5 Å². The molecular weight excluding hydrogens is 258 g/mol. The van der Waals surface area contributed by atoms with Crippen LogP contribution in [0.25, 0.3) is 11.1 Å². The first kappa shape index (κ1) is 14.0. The van der Waals surface area contributed by atoms with Gasteiger partial charge in [0.15, 0.2) is 0 Å². The van der Waals surface area contributed by atoms with Crippen LogP contribution in [0.15, 0.2) is 36.4 Å². The van der Waals surface area contributed by atoms with Crippen LogP contribution in [0.3, 0.4) is 0 Å². The highest BCUT2D eigenvalue weighted by Gasteiger charge is 2.12. The molecule has 0 fully saturated rings. The molecule has 0 spiro atoms. The van der Waals surface area contributed by atoms with Crippen LogP contribution in [-0.2, 0) is 6.42 Å². The van der Waals surface area contributed by atoms with Crippen molar-refractivity contribution in [2.24, 2.45) is 0 Å². The average molecular weight is 276 g/mol. The smallest absolute Gasteiger partial charge is 0.141 e. The number of rotatable bonds is 4. The van der Waals surface area contributed by atoms with E-state index < -0.39 is 0 Å². The Balaban J connectivity index is 2.41. The third-order valence-electron chi connectivity index (χ3n) is 3.11. The van der Waals surface area contributed by atoms with E-state index in [4.69, 9.17) is 4.74 Å². The highest BCUT2D eigenvalue weighted by Crippen LogP contribution is 2.26. The second-order valence-electron chi connectivity index (χ2n) is 4.32. The van der Waals surface area contributed by atoms with E-state index in [1.54, 1.807) is 6.07 Å². The standard InChI is InChI=1S/C16H18FOP/c1-3-11-5-7-12(8-6-11)13-9-10-14(18-4-2)16(19)15(13)17/h5-10H,3-4,19H2,1-2H3. The van der Waals surface area contributed by atoms with E-state index in [1.807, 2.05) is 37.3 Å². The molecular formula is C16H18FOP. The molecule has 100 valence electrons. The first-order valence-corrected chi connectivity index (χ1v) is 7.05. The monoisotopic (exact) mass is 276 g/mol. The van der Waals surface area contributed by atoms with E-state index in [1.165, 1.54) is 5.56 Å². The van der Waals surface area contributed by atoms with E-state index in [-0.39, 0.29) is 5.82 Å². The lowest BCUT2D eigenvalue weighted by Gasteiger charge is -2.11. The fourth-order valence-electron chi connectivity index (χ4n) is 2.00. The van der Waals surface area contributed by atoms with E-state index in [0.717, 1.165) is 12.0 Å². The van der Waals surface area contributed by atoms with Crippen LogP contribution in [0.5, 0.6) is 5.75 Å². The highest BCUT2D eigenvalue weighted by atomic mass is 31.0. The minimum atomic E-state index is -0.236. The number of aryl methyl sites for hydroxylation is 1. The maximum Gasteiger partial charge on any atom is 0.141 e. The summed E-state index contributed by atoms with van der Waals surface area (Å²) < 4.78 is 19.7. The zero-order valence-electron chi connectivity index (χ0n) is 11.2. The van der Waals surface area contributed by atoms with Crippen molar-refractivity contribution in [3.63, 3.8) is 0 Å². The van der Waals surface area contributed by atoms with Gasteiger partial charge in [0.25, 0.3) is 0 Å². The van der Waals surface area contributed by atoms with Gasteiger partial charge < -0.3 is 4.74 Å². The van der Waals surface area contributed by atoms with E-state index in [9.17, 15) is 4.39 Å². The van der Waals surface area contributed by atoms with Crippen LogP contribution in [-0.4, -0.2) is 6.61 Å². The molecule has 0 N–H and O–H groups in total. The Bertz CT molecular complexity index is 564. The van der Waals surface area contributed by atoms with Gasteiger partial charge in [-0.05, 0) is 36.6 Å². The summed E-state index contributed by atoms with van der Waals surface area (Å²) in [6, 6.07) is 11.6. The normalized spacial score (nSPS) is 10.5. The summed E-state index contributed by atoms with van der Waals surface area (Å²) in [4.78, 5) is 0. The third-order valence-corrected chi connectivity index (χ3v) is 3.65. The Hall–Kier alpha value is -1.40. The maximum atomic E-state index is 14.4. The Labute approximate surface area is 116 Å². The summed E-state index contributed by atoms with van der Waals surface area (Å²) in [6.07, 6.45) is 0.987. The molecule has 2 rings (SSSR count). The zero-order valence-corrected chi connectivity index (χ0v) is 12.4. The minimum Gasteiger partial charge on any atom is -0.493 e. The molecule has 0 saturated carbocycles. The van der Waals surface area contributed by atoms with Crippen molar-refractivity contribution in [3.05, 3.63) is 47.8 Å². The topological polar surface area (TPSA) is 9.23 Å². The predicted molar refractivity (Wildman–Crippen MR) is 81.7 cm³/mol. The molecule has 2 aromatic carbocycles. The molecule has 0 amide bonds. The van der Waals surface area contributed by atoms with Crippen LogP contribution in [0.4, 0.5) is 4.39 Å². The van der Waals surface area contributed by atoms with Crippen molar-refractivity contribution < 1.29 is 9.13 Å². The molecule has 0 aliphatic heterocycles. The number of hydrogen-bond donors (Lipinski definition) is 0. The van der Waals surface area contributed by atoms with Gasteiger partial charge in [-0.25, -0.2) is 4.39 Å². The molecule has 0 aromatic heterocycles. The Kier molecular flexibility index (Phi) is 4.55. The van der Waals surface area contributed by atoms with Gasteiger partial charge in [-0.1, -0.05) is 40.4 Å². The summed E-state index contributed by atoms with van der Waals surface area (Å²) in [5.41, 5.74) is 2.75. The van der Waals surface area contributed by atoms with E-state index >= 15 is 0 Å². The summed E-state index contributed by atoms with van der Waals surface area (Å²) in [7, 11) is 2.42. The molecule has 19 heavy (non-hydrogen) atoms. The van der Waals surface area contributed by atoms with Crippen LogP contribution < -0.4 is 10.0 Å². The molecule has 0 radical (unpaired) electrons. The maximum absolute atomic E-state index is 14.4.